The number of rotatable bonds is 3. The number of nitrogens with zero attached hydrogens (tertiary/aromatic N) is 1. The molecule has 1 N–H and O–H groups in total. The molecule has 0 spiro atoms. The van der Waals surface area contributed by atoms with Crippen LogP contribution in [0, 0.1) is 6.92 Å². The van der Waals surface area contributed by atoms with E-state index in [9.17, 15) is 0 Å². The van der Waals surface area contributed by atoms with Crippen molar-refractivity contribution in [2.45, 2.75) is 13.0 Å². The summed E-state index contributed by atoms with van der Waals surface area (Å²) in [6.45, 7) is 5.18. The van der Waals surface area contributed by atoms with Gasteiger partial charge in [-0.1, -0.05) is 0 Å². The van der Waals surface area contributed by atoms with E-state index in [1.807, 2.05) is 6.92 Å². The molecule has 1 atom stereocenters. The third-order valence-electron chi connectivity index (χ3n) is 3.60. The third kappa shape index (κ3) is 2.53. The Kier molecular flexibility index (Phi) is 3.54. The van der Waals surface area contributed by atoms with Gasteiger partial charge in [-0.15, -0.1) is 22.7 Å². The van der Waals surface area contributed by atoms with Crippen LogP contribution >= 0.6 is 22.7 Å². The molecule has 21 heavy (non-hydrogen) atoms. The summed E-state index contributed by atoms with van der Waals surface area (Å²) in [5.74, 6) is 0.941. The maximum Gasteiger partial charge on any atom is 0.129 e. The average Bonchev–Trinajstić information content (AvgIpc) is 3.11. The second-order valence-electron chi connectivity index (χ2n) is 5.13. The molecule has 0 bridgehead atoms. The van der Waals surface area contributed by atoms with Crippen LogP contribution in [0.2, 0.25) is 0 Å². The van der Waals surface area contributed by atoms with Gasteiger partial charge >= 0.3 is 0 Å². The van der Waals surface area contributed by atoms with E-state index in [4.69, 9.17) is 9.47 Å². The van der Waals surface area contributed by atoms with Crippen LogP contribution in [0.5, 0.6) is 5.75 Å². The maximum absolute atomic E-state index is 6.06. The monoisotopic (exact) mass is 320 g/mol. The molecule has 1 aliphatic rings. The fourth-order valence-electron chi connectivity index (χ4n) is 2.62. The van der Waals surface area contributed by atoms with Crippen molar-refractivity contribution < 1.29 is 9.47 Å². The molecule has 1 unspecified atom stereocenters. The van der Waals surface area contributed by atoms with Gasteiger partial charge < -0.3 is 14.8 Å². The standard InChI is InChI=1S/C15H16N2O2S2/c1-9-17-14-13(21-9)6-12(11-2-5-20-15(11)14)19-8-10-7-16-3-4-18-10/h2,5-6,10,16H,3-4,7-8H2,1H3. The van der Waals surface area contributed by atoms with Crippen LogP contribution in [0.3, 0.4) is 0 Å². The smallest absolute Gasteiger partial charge is 0.129 e. The zero-order valence-electron chi connectivity index (χ0n) is 11.7. The molecule has 2 aromatic heterocycles. The van der Waals surface area contributed by atoms with Crippen LogP contribution in [-0.4, -0.2) is 37.4 Å². The first-order chi connectivity index (χ1) is 10.3. The van der Waals surface area contributed by atoms with Crippen molar-refractivity contribution in [3.8, 4) is 5.75 Å². The number of morpholine rings is 1. The highest BCUT2D eigenvalue weighted by Gasteiger charge is 2.16. The van der Waals surface area contributed by atoms with Gasteiger partial charge in [-0.3, -0.25) is 0 Å². The van der Waals surface area contributed by atoms with Gasteiger partial charge in [0.25, 0.3) is 0 Å². The zero-order valence-corrected chi connectivity index (χ0v) is 13.4. The first-order valence-corrected chi connectivity index (χ1v) is 8.73. The molecule has 6 heteroatoms. The second-order valence-corrected chi connectivity index (χ2v) is 7.28. The summed E-state index contributed by atoms with van der Waals surface area (Å²) in [5, 5.41) is 7.68. The van der Waals surface area contributed by atoms with Crippen LogP contribution in [-0.2, 0) is 4.74 Å². The van der Waals surface area contributed by atoms with Crippen molar-refractivity contribution in [3.63, 3.8) is 0 Å². The lowest BCUT2D eigenvalue weighted by Crippen LogP contribution is -2.41. The quantitative estimate of drug-likeness (QED) is 0.805. The Labute approximate surface area is 130 Å². The van der Waals surface area contributed by atoms with Gasteiger partial charge in [0.2, 0.25) is 0 Å². The molecule has 0 aliphatic carbocycles. The van der Waals surface area contributed by atoms with E-state index in [1.165, 1.54) is 9.40 Å². The van der Waals surface area contributed by atoms with E-state index in [-0.39, 0.29) is 6.10 Å². The summed E-state index contributed by atoms with van der Waals surface area (Å²) in [6, 6.07) is 4.23. The van der Waals surface area contributed by atoms with Gasteiger partial charge in [0.15, 0.2) is 0 Å². The summed E-state index contributed by atoms with van der Waals surface area (Å²) in [6.07, 6.45) is 0.131. The van der Waals surface area contributed by atoms with Gasteiger partial charge in [0.1, 0.15) is 18.5 Å². The number of thiophene rings is 1. The summed E-state index contributed by atoms with van der Waals surface area (Å²) in [4.78, 5) is 4.64. The number of thiazole rings is 1. The third-order valence-corrected chi connectivity index (χ3v) is 5.44. The minimum atomic E-state index is 0.131. The number of nitrogens with one attached hydrogen (secondary N) is 1. The molecule has 1 aromatic carbocycles. The predicted octanol–water partition coefficient (Wildman–Crippen LogP) is 3.19. The lowest BCUT2D eigenvalue weighted by molar-refractivity contribution is 0.000541. The van der Waals surface area contributed by atoms with Crippen LogP contribution in [0.4, 0.5) is 0 Å². The molecule has 1 fully saturated rings. The fourth-order valence-corrected chi connectivity index (χ4v) is 4.45. The van der Waals surface area contributed by atoms with Crippen molar-refractivity contribution in [1.82, 2.24) is 10.3 Å². The molecule has 0 saturated carbocycles. The SMILES string of the molecule is Cc1nc2c(cc(OCC3CNCCO3)c3ccsc32)s1. The van der Waals surface area contributed by atoms with E-state index in [0.717, 1.165) is 41.4 Å². The van der Waals surface area contributed by atoms with E-state index in [2.05, 4.69) is 27.8 Å². The van der Waals surface area contributed by atoms with Crippen LogP contribution < -0.4 is 10.1 Å². The molecule has 1 saturated heterocycles. The molecule has 3 aromatic rings. The number of hydrogen-bond acceptors (Lipinski definition) is 6. The highest BCUT2D eigenvalue weighted by molar-refractivity contribution is 7.21. The van der Waals surface area contributed by atoms with Crippen LogP contribution in [0.1, 0.15) is 5.01 Å². The predicted molar refractivity (Wildman–Crippen MR) is 87.8 cm³/mol. The van der Waals surface area contributed by atoms with Crippen LogP contribution in [0.15, 0.2) is 17.5 Å². The number of benzene rings is 1. The van der Waals surface area contributed by atoms with Crippen molar-refractivity contribution in [1.29, 1.82) is 0 Å². The van der Waals surface area contributed by atoms with Crippen molar-refractivity contribution >= 4 is 43.0 Å². The first-order valence-electron chi connectivity index (χ1n) is 7.04. The summed E-state index contributed by atoms with van der Waals surface area (Å²) >= 11 is 3.44. The summed E-state index contributed by atoms with van der Waals surface area (Å²) in [5.41, 5.74) is 1.10. The molecule has 4 rings (SSSR count). The second kappa shape index (κ2) is 5.53. The highest BCUT2D eigenvalue weighted by Crippen LogP contribution is 2.38. The van der Waals surface area contributed by atoms with Crippen molar-refractivity contribution in [3.05, 3.63) is 22.5 Å². The van der Waals surface area contributed by atoms with Crippen molar-refractivity contribution in [2.24, 2.45) is 0 Å². The van der Waals surface area contributed by atoms with Gasteiger partial charge in [-0.25, -0.2) is 4.98 Å². The molecule has 1 aliphatic heterocycles. The van der Waals surface area contributed by atoms with Gasteiger partial charge in [-0.05, 0) is 18.4 Å². The van der Waals surface area contributed by atoms with Gasteiger partial charge in [-0.2, -0.15) is 0 Å². The zero-order chi connectivity index (χ0) is 14.2. The Morgan fingerprint density at radius 2 is 2.48 bits per heavy atom. The number of ether oxygens (including phenoxy) is 2. The van der Waals surface area contributed by atoms with E-state index >= 15 is 0 Å². The Balaban J connectivity index is 1.67. The summed E-state index contributed by atoms with van der Waals surface area (Å²) < 4.78 is 14.2. The molecule has 0 amide bonds. The van der Waals surface area contributed by atoms with Crippen LogP contribution in [0.25, 0.3) is 20.3 Å². The number of aryl methyl sites for hydroxylation is 1. The molecule has 0 radical (unpaired) electrons. The topological polar surface area (TPSA) is 43.4 Å². The Bertz CT molecular complexity index is 775. The Morgan fingerprint density at radius 1 is 1.52 bits per heavy atom. The first kappa shape index (κ1) is 13.5. The number of hydrogen-bond donors (Lipinski definition) is 1. The normalized spacial score (nSPS) is 19.4. The van der Waals surface area contributed by atoms with Crippen molar-refractivity contribution in [2.75, 3.05) is 26.3 Å². The van der Waals surface area contributed by atoms with Gasteiger partial charge in [0.05, 0.1) is 26.5 Å². The average molecular weight is 320 g/mol. The lowest BCUT2D eigenvalue weighted by atomic mass is 10.2. The van der Waals surface area contributed by atoms with E-state index < -0.39 is 0 Å². The maximum atomic E-state index is 6.06. The molecular weight excluding hydrogens is 304 g/mol. The lowest BCUT2D eigenvalue weighted by Gasteiger charge is -2.23. The molecule has 4 nitrogen and oxygen atoms in total. The Morgan fingerprint density at radius 3 is 3.33 bits per heavy atom. The van der Waals surface area contributed by atoms with Gasteiger partial charge in [0, 0.05) is 24.5 Å². The number of fused-ring (bicyclic) bond motifs is 3. The van der Waals surface area contributed by atoms with E-state index in [0.29, 0.717) is 6.61 Å². The minimum Gasteiger partial charge on any atom is -0.490 e. The Hall–Kier alpha value is -1.21. The largest absolute Gasteiger partial charge is 0.490 e. The van der Waals surface area contributed by atoms with E-state index in [1.54, 1.807) is 22.7 Å². The molecular formula is C15H16N2O2S2. The fraction of sp³-hybridized carbons (Fsp3) is 0.400. The molecule has 3 heterocycles. The summed E-state index contributed by atoms with van der Waals surface area (Å²) in [7, 11) is 0. The molecule has 110 valence electrons. The number of aromatic nitrogens is 1. The highest BCUT2D eigenvalue weighted by atomic mass is 32.1. The minimum absolute atomic E-state index is 0.131.